The monoisotopic (exact) mass is 316 g/mol. The predicted molar refractivity (Wildman–Crippen MR) is 77.5 cm³/mol. The van der Waals surface area contributed by atoms with Gasteiger partial charge in [0.1, 0.15) is 6.04 Å². The molecule has 2 unspecified atom stereocenters. The Morgan fingerprint density at radius 3 is 2.14 bits per heavy atom. The fraction of sp³-hybridized carbons (Fsp3) is 0.467. The van der Waals surface area contributed by atoms with Crippen molar-refractivity contribution in [3.05, 3.63) is 29.8 Å². The molecule has 1 rings (SSSR count). The molecule has 0 aliphatic rings. The molecule has 0 heterocycles. The van der Waals surface area contributed by atoms with Gasteiger partial charge >= 0.3 is 6.18 Å². The SMILES string of the molecule is CCC(C)C(NC(=O)c1ccc(NC(C)=O)cc1)C(F)(F)F. The highest BCUT2D eigenvalue weighted by molar-refractivity contribution is 5.95. The summed E-state index contributed by atoms with van der Waals surface area (Å²) >= 11 is 0. The van der Waals surface area contributed by atoms with E-state index in [9.17, 15) is 22.8 Å². The summed E-state index contributed by atoms with van der Waals surface area (Å²) in [7, 11) is 0. The van der Waals surface area contributed by atoms with Gasteiger partial charge in [-0.25, -0.2) is 0 Å². The standard InChI is InChI=1S/C15H19F3N2O2/c1-4-9(2)13(15(16,17)18)20-14(22)11-5-7-12(8-6-11)19-10(3)21/h5-9,13H,4H2,1-3H3,(H,19,21)(H,20,22). The molecule has 2 atom stereocenters. The summed E-state index contributed by atoms with van der Waals surface area (Å²) in [6.45, 7) is 4.41. The summed E-state index contributed by atoms with van der Waals surface area (Å²) in [5.74, 6) is -1.79. The van der Waals surface area contributed by atoms with Crippen LogP contribution in [0.2, 0.25) is 0 Å². The number of hydrogen-bond donors (Lipinski definition) is 2. The van der Waals surface area contributed by atoms with Crippen molar-refractivity contribution in [3.63, 3.8) is 0 Å². The highest BCUT2D eigenvalue weighted by atomic mass is 19.4. The lowest BCUT2D eigenvalue weighted by molar-refractivity contribution is -0.164. The maximum Gasteiger partial charge on any atom is 0.408 e. The van der Waals surface area contributed by atoms with E-state index in [1.54, 1.807) is 6.92 Å². The van der Waals surface area contributed by atoms with E-state index in [2.05, 4.69) is 5.32 Å². The van der Waals surface area contributed by atoms with Gasteiger partial charge in [-0.05, 0) is 30.2 Å². The zero-order chi connectivity index (χ0) is 16.9. The first kappa shape index (κ1) is 18.0. The van der Waals surface area contributed by atoms with Crippen LogP contribution in [0.1, 0.15) is 37.6 Å². The average Bonchev–Trinajstić information content (AvgIpc) is 2.42. The molecule has 1 aromatic carbocycles. The van der Waals surface area contributed by atoms with E-state index in [0.29, 0.717) is 12.1 Å². The van der Waals surface area contributed by atoms with Gasteiger partial charge in [0.25, 0.3) is 5.91 Å². The second-order valence-electron chi connectivity index (χ2n) is 5.14. The first-order valence-corrected chi connectivity index (χ1v) is 6.90. The Morgan fingerprint density at radius 1 is 1.18 bits per heavy atom. The molecular formula is C15H19F3N2O2. The molecule has 0 saturated heterocycles. The van der Waals surface area contributed by atoms with Crippen LogP contribution in [0.4, 0.5) is 18.9 Å². The molecule has 4 nitrogen and oxygen atoms in total. The number of benzene rings is 1. The highest BCUT2D eigenvalue weighted by Gasteiger charge is 2.43. The largest absolute Gasteiger partial charge is 0.408 e. The number of nitrogens with one attached hydrogen (secondary N) is 2. The number of alkyl halides is 3. The molecule has 0 fully saturated rings. The number of anilines is 1. The molecule has 2 amide bonds. The van der Waals surface area contributed by atoms with E-state index in [0.717, 1.165) is 0 Å². The van der Waals surface area contributed by atoms with Crippen LogP contribution >= 0.6 is 0 Å². The summed E-state index contributed by atoms with van der Waals surface area (Å²) in [5.41, 5.74) is 0.574. The van der Waals surface area contributed by atoms with Gasteiger partial charge in [0, 0.05) is 18.2 Å². The first-order chi connectivity index (χ1) is 10.1. The van der Waals surface area contributed by atoms with E-state index in [-0.39, 0.29) is 11.5 Å². The van der Waals surface area contributed by atoms with Gasteiger partial charge in [0.15, 0.2) is 0 Å². The number of halogens is 3. The van der Waals surface area contributed by atoms with Gasteiger partial charge in [0.05, 0.1) is 0 Å². The van der Waals surface area contributed by atoms with E-state index in [4.69, 9.17) is 0 Å². The Balaban J connectivity index is 2.84. The minimum absolute atomic E-state index is 0.103. The van der Waals surface area contributed by atoms with Crippen molar-refractivity contribution in [3.8, 4) is 0 Å². The maximum absolute atomic E-state index is 13.0. The third-order valence-corrected chi connectivity index (χ3v) is 3.32. The molecular weight excluding hydrogens is 297 g/mol. The van der Waals surface area contributed by atoms with Gasteiger partial charge in [-0.3, -0.25) is 9.59 Å². The number of amides is 2. The van der Waals surface area contributed by atoms with Crippen LogP contribution in [0.5, 0.6) is 0 Å². The second-order valence-corrected chi connectivity index (χ2v) is 5.14. The third-order valence-electron chi connectivity index (χ3n) is 3.32. The van der Waals surface area contributed by atoms with Crippen LogP contribution in [-0.4, -0.2) is 24.0 Å². The molecule has 0 radical (unpaired) electrons. The summed E-state index contributed by atoms with van der Waals surface area (Å²) in [6, 6.07) is 3.76. The minimum Gasteiger partial charge on any atom is -0.340 e. The van der Waals surface area contributed by atoms with Gasteiger partial charge in [-0.2, -0.15) is 13.2 Å². The van der Waals surface area contributed by atoms with Crippen molar-refractivity contribution in [2.45, 2.75) is 39.4 Å². The second kappa shape index (κ2) is 7.29. The summed E-state index contributed by atoms with van der Waals surface area (Å²) < 4.78 is 38.9. The Labute approximate surface area is 127 Å². The molecule has 2 N–H and O–H groups in total. The van der Waals surface area contributed by atoms with E-state index < -0.39 is 24.0 Å². The van der Waals surface area contributed by atoms with Gasteiger partial charge in [0.2, 0.25) is 5.91 Å². The average molecular weight is 316 g/mol. The Morgan fingerprint density at radius 2 is 1.73 bits per heavy atom. The van der Waals surface area contributed by atoms with Crippen LogP contribution < -0.4 is 10.6 Å². The number of carbonyl (C=O) groups is 2. The quantitative estimate of drug-likeness (QED) is 0.875. The lowest BCUT2D eigenvalue weighted by atomic mass is 9.98. The lowest BCUT2D eigenvalue weighted by Crippen LogP contribution is -2.49. The molecule has 122 valence electrons. The third kappa shape index (κ3) is 5.05. The van der Waals surface area contributed by atoms with E-state index in [1.807, 2.05) is 5.32 Å². The van der Waals surface area contributed by atoms with Gasteiger partial charge in [-0.1, -0.05) is 20.3 Å². The van der Waals surface area contributed by atoms with Gasteiger partial charge in [-0.15, -0.1) is 0 Å². The molecule has 7 heteroatoms. The zero-order valence-electron chi connectivity index (χ0n) is 12.6. The van der Waals surface area contributed by atoms with E-state index in [1.165, 1.54) is 38.1 Å². The van der Waals surface area contributed by atoms with Crippen LogP contribution in [0.3, 0.4) is 0 Å². The molecule has 0 aliphatic heterocycles. The molecule has 0 bridgehead atoms. The summed E-state index contributed by atoms with van der Waals surface area (Å²) in [5, 5.41) is 4.55. The summed E-state index contributed by atoms with van der Waals surface area (Å²) in [6.07, 6.45) is -4.20. The Hall–Kier alpha value is -2.05. The van der Waals surface area contributed by atoms with Crippen molar-refractivity contribution in [2.75, 3.05) is 5.32 Å². The Kier molecular flexibility index (Phi) is 5.96. The number of rotatable bonds is 5. The smallest absolute Gasteiger partial charge is 0.340 e. The summed E-state index contributed by atoms with van der Waals surface area (Å²) in [4.78, 5) is 22.8. The van der Waals surface area contributed by atoms with Crippen LogP contribution in [0, 0.1) is 5.92 Å². The van der Waals surface area contributed by atoms with Crippen LogP contribution in [-0.2, 0) is 4.79 Å². The molecule has 22 heavy (non-hydrogen) atoms. The van der Waals surface area contributed by atoms with E-state index >= 15 is 0 Å². The topological polar surface area (TPSA) is 58.2 Å². The predicted octanol–water partition coefficient (Wildman–Crippen LogP) is 3.35. The molecule has 1 aromatic rings. The lowest BCUT2D eigenvalue weighted by Gasteiger charge is -2.26. The Bertz CT molecular complexity index is 527. The van der Waals surface area contributed by atoms with Crippen molar-refractivity contribution >= 4 is 17.5 Å². The van der Waals surface area contributed by atoms with Gasteiger partial charge < -0.3 is 10.6 Å². The van der Waals surface area contributed by atoms with Crippen molar-refractivity contribution < 1.29 is 22.8 Å². The molecule has 0 spiro atoms. The highest BCUT2D eigenvalue weighted by Crippen LogP contribution is 2.27. The number of hydrogen-bond acceptors (Lipinski definition) is 2. The molecule has 0 aliphatic carbocycles. The van der Waals surface area contributed by atoms with Crippen molar-refractivity contribution in [2.24, 2.45) is 5.92 Å². The maximum atomic E-state index is 13.0. The normalized spacial score (nSPS) is 14.1. The van der Waals surface area contributed by atoms with Crippen LogP contribution in [0.25, 0.3) is 0 Å². The minimum atomic E-state index is -4.50. The van der Waals surface area contributed by atoms with Crippen molar-refractivity contribution in [1.82, 2.24) is 5.32 Å². The van der Waals surface area contributed by atoms with Crippen LogP contribution in [0.15, 0.2) is 24.3 Å². The number of carbonyl (C=O) groups excluding carboxylic acids is 2. The molecule has 0 aromatic heterocycles. The fourth-order valence-electron chi connectivity index (χ4n) is 1.92. The first-order valence-electron chi connectivity index (χ1n) is 6.90. The zero-order valence-corrected chi connectivity index (χ0v) is 12.6. The fourth-order valence-corrected chi connectivity index (χ4v) is 1.92. The van der Waals surface area contributed by atoms with Crippen molar-refractivity contribution in [1.29, 1.82) is 0 Å². The molecule has 0 saturated carbocycles.